The van der Waals surface area contributed by atoms with Gasteiger partial charge in [0.15, 0.2) is 0 Å². The van der Waals surface area contributed by atoms with Crippen molar-refractivity contribution < 1.29 is 4.79 Å². The fourth-order valence-corrected chi connectivity index (χ4v) is 2.13. The maximum Gasteiger partial charge on any atom is 0.226 e. The van der Waals surface area contributed by atoms with Crippen LogP contribution in [-0.4, -0.2) is 11.9 Å². The molecular formula is C13H17ClN2O. The van der Waals surface area contributed by atoms with Crippen LogP contribution >= 0.6 is 11.6 Å². The summed E-state index contributed by atoms with van der Waals surface area (Å²) in [6.45, 7) is 6.36. The Kier molecular flexibility index (Phi) is 3.04. The van der Waals surface area contributed by atoms with E-state index in [4.69, 9.17) is 11.6 Å². The number of benzene rings is 1. The maximum atomic E-state index is 11.8. The molecule has 1 heterocycles. The van der Waals surface area contributed by atoms with Crippen LogP contribution in [0.1, 0.15) is 27.2 Å². The van der Waals surface area contributed by atoms with Crippen molar-refractivity contribution in [3.05, 3.63) is 23.2 Å². The number of hydrogen-bond donors (Lipinski definition) is 2. The van der Waals surface area contributed by atoms with Gasteiger partial charge in [-0.05, 0) is 17.5 Å². The molecule has 0 fully saturated rings. The van der Waals surface area contributed by atoms with Crippen molar-refractivity contribution in [3.8, 4) is 0 Å². The lowest BCUT2D eigenvalue weighted by Crippen LogP contribution is -2.35. The van der Waals surface area contributed by atoms with Crippen LogP contribution in [0.25, 0.3) is 0 Å². The first kappa shape index (κ1) is 12.2. The van der Waals surface area contributed by atoms with Gasteiger partial charge in [-0.2, -0.15) is 0 Å². The Morgan fingerprint density at radius 3 is 2.71 bits per heavy atom. The molecule has 0 saturated carbocycles. The monoisotopic (exact) mass is 252 g/mol. The quantitative estimate of drug-likeness (QED) is 0.742. The minimum absolute atomic E-state index is 0.00396. The summed E-state index contributed by atoms with van der Waals surface area (Å²) in [6, 6.07) is 5.69. The highest BCUT2D eigenvalue weighted by molar-refractivity contribution is 6.34. The Labute approximate surface area is 107 Å². The van der Waals surface area contributed by atoms with E-state index in [1.165, 1.54) is 0 Å². The number of rotatable bonds is 0. The van der Waals surface area contributed by atoms with Gasteiger partial charge in [-0.3, -0.25) is 4.79 Å². The Hall–Kier alpha value is -1.22. The number of amides is 1. The molecule has 1 aliphatic rings. The highest BCUT2D eigenvalue weighted by Crippen LogP contribution is 2.36. The number of nitrogens with one attached hydrogen (secondary N) is 2. The molecule has 2 rings (SSSR count). The first-order valence-electron chi connectivity index (χ1n) is 5.73. The summed E-state index contributed by atoms with van der Waals surface area (Å²) in [5.74, 6) is 0.00396. The molecule has 1 aromatic carbocycles. The number of hydrogen-bond acceptors (Lipinski definition) is 2. The van der Waals surface area contributed by atoms with Crippen LogP contribution in [0.2, 0.25) is 5.02 Å². The molecule has 1 unspecified atom stereocenters. The minimum atomic E-state index is 0.00396. The van der Waals surface area contributed by atoms with E-state index in [9.17, 15) is 4.79 Å². The predicted molar refractivity (Wildman–Crippen MR) is 71.6 cm³/mol. The van der Waals surface area contributed by atoms with Crippen molar-refractivity contribution in [3.63, 3.8) is 0 Å². The molecule has 3 nitrogen and oxygen atoms in total. The average molecular weight is 253 g/mol. The number of carbonyl (C=O) groups excluding carboxylic acids is 1. The molecule has 1 aliphatic heterocycles. The van der Waals surface area contributed by atoms with Crippen LogP contribution in [0, 0.1) is 5.41 Å². The third kappa shape index (κ3) is 2.55. The van der Waals surface area contributed by atoms with E-state index in [1.807, 2.05) is 12.1 Å². The predicted octanol–water partition coefficient (Wildman–Crippen LogP) is 3.51. The maximum absolute atomic E-state index is 11.8. The number of anilines is 2. The SMILES string of the molecule is CC(C)(C)C1CC(=O)Nc2c(Cl)cccc2N1. The fourth-order valence-electron chi connectivity index (χ4n) is 1.91. The topological polar surface area (TPSA) is 41.1 Å². The Morgan fingerprint density at radius 1 is 1.35 bits per heavy atom. The molecule has 1 amide bonds. The summed E-state index contributed by atoms with van der Waals surface area (Å²) in [4.78, 5) is 11.8. The van der Waals surface area contributed by atoms with Crippen LogP contribution in [0.5, 0.6) is 0 Å². The van der Waals surface area contributed by atoms with Crippen LogP contribution in [0.4, 0.5) is 11.4 Å². The second-order valence-electron chi connectivity index (χ2n) is 5.48. The van der Waals surface area contributed by atoms with Gasteiger partial charge in [0.2, 0.25) is 5.91 Å². The number of para-hydroxylation sites is 1. The van der Waals surface area contributed by atoms with Crippen molar-refractivity contribution >= 4 is 28.9 Å². The van der Waals surface area contributed by atoms with Gasteiger partial charge in [0.05, 0.1) is 16.4 Å². The molecule has 0 radical (unpaired) electrons. The molecule has 0 bridgehead atoms. The summed E-state index contributed by atoms with van der Waals surface area (Å²) < 4.78 is 0. The molecule has 4 heteroatoms. The standard InChI is InChI=1S/C13H17ClN2O/c1-13(2,3)10-7-11(17)16-12-8(14)5-4-6-9(12)15-10/h4-6,10,15H,7H2,1-3H3,(H,16,17). The largest absolute Gasteiger partial charge is 0.380 e. The summed E-state index contributed by atoms with van der Waals surface area (Å²) in [5, 5.41) is 6.83. The number of halogens is 1. The van der Waals surface area contributed by atoms with E-state index in [0.717, 1.165) is 5.69 Å². The molecule has 1 atom stereocenters. The second-order valence-corrected chi connectivity index (χ2v) is 5.88. The zero-order valence-corrected chi connectivity index (χ0v) is 11.1. The fraction of sp³-hybridized carbons (Fsp3) is 0.462. The van der Waals surface area contributed by atoms with Gasteiger partial charge in [-0.1, -0.05) is 38.4 Å². The van der Waals surface area contributed by atoms with Crippen molar-refractivity contribution in [2.24, 2.45) is 5.41 Å². The normalized spacial score (nSPS) is 20.0. The summed E-state index contributed by atoms with van der Waals surface area (Å²) in [6.07, 6.45) is 0.453. The van der Waals surface area contributed by atoms with E-state index in [2.05, 4.69) is 31.4 Å². The molecule has 0 aromatic heterocycles. The lowest BCUT2D eigenvalue weighted by Gasteiger charge is -2.30. The van der Waals surface area contributed by atoms with Crippen molar-refractivity contribution in [1.82, 2.24) is 0 Å². The van der Waals surface area contributed by atoms with Gasteiger partial charge < -0.3 is 10.6 Å². The zero-order valence-electron chi connectivity index (χ0n) is 10.3. The van der Waals surface area contributed by atoms with Crippen molar-refractivity contribution in [2.45, 2.75) is 33.2 Å². The van der Waals surface area contributed by atoms with Gasteiger partial charge >= 0.3 is 0 Å². The summed E-state index contributed by atoms with van der Waals surface area (Å²) in [7, 11) is 0. The second kappa shape index (κ2) is 4.22. The molecule has 2 N–H and O–H groups in total. The third-order valence-corrected chi connectivity index (χ3v) is 3.36. The lowest BCUT2D eigenvalue weighted by molar-refractivity contribution is -0.116. The lowest BCUT2D eigenvalue weighted by atomic mass is 9.84. The third-order valence-electron chi connectivity index (χ3n) is 3.04. The van der Waals surface area contributed by atoms with E-state index >= 15 is 0 Å². The van der Waals surface area contributed by atoms with Crippen LogP contribution in [0.15, 0.2) is 18.2 Å². The van der Waals surface area contributed by atoms with Crippen molar-refractivity contribution in [2.75, 3.05) is 10.6 Å². The summed E-state index contributed by atoms with van der Waals surface area (Å²) >= 11 is 6.09. The van der Waals surface area contributed by atoms with E-state index in [-0.39, 0.29) is 17.4 Å². The van der Waals surface area contributed by atoms with Gasteiger partial charge in [0.1, 0.15) is 0 Å². The Morgan fingerprint density at radius 2 is 2.06 bits per heavy atom. The van der Waals surface area contributed by atoms with Crippen LogP contribution < -0.4 is 10.6 Å². The molecule has 0 saturated heterocycles. The molecule has 0 aliphatic carbocycles. The minimum Gasteiger partial charge on any atom is -0.380 e. The highest BCUT2D eigenvalue weighted by atomic mass is 35.5. The van der Waals surface area contributed by atoms with Gasteiger partial charge in [-0.25, -0.2) is 0 Å². The average Bonchev–Trinajstić information content (AvgIpc) is 2.37. The number of fused-ring (bicyclic) bond motifs is 1. The van der Waals surface area contributed by atoms with Crippen LogP contribution in [-0.2, 0) is 4.79 Å². The smallest absolute Gasteiger partial charge is 0.226 e. The molecular weight excluding hydrogens is 236 g/mol. The Balaban J connectivity index is 2.41. The van der Waals surface area contributed by atoms with E-state index < -0.39 is 0 Å². The first-order valence-corrected chi connectivity index (χ1v) is 6.10. The molecule has 0 spiro atoms. The van der Waals surface area contributed by atoms with Gasteiger partial charge in [-0.15, -0.1) is 0 Å². The van der Waals surface area contributed by atoms with Crippen LogP contribution in [0.3, 0.4) is 0 Å². The zero-order chi connectivity index (χ0) is 12.6. The van der Waals surface area contributed by atoms with E-state index in [0.29, 0.717) is 17.1 Å². The Bertz CT molecular complexity index is 451. The molecule has 17 heavy (non-hydrogen) atoms. The highest BCUT2D eigenvalue weighted by Gasteiger charge is 2.30. The van der Waals surface area contributed by atoms with Gasteiger partial charge in [0, 0.05) is 12.5 Å². The summed E-state index contributed by atoms with van der Waals surface area (Å²) in [5.41, 5.74) is 1.59. The molecule has 92 valence electrons. The van der Waals surface area contributed by atoms with Gasteiger partial charge in [0.25, 0.3) is 0 Å². The van der Waals surface area contributed by atoms with Crippen molar-refractivity contribution in [1.29, 1.82) is 0 Å². The molecule has 1 aromatic rings. The first-order chi connectivity index (χ1) is 7.88. The number of carbonyl (C=O) groups is 1. The van der Waals surface area contributed by atoms with E-state index in [1.54, 1.807) is 6.07 Å².